The van der Waals surface area contributed by atoms with Crippen molar-refractivity contribution in [2.24, 2.45) is 0 Å². The molecule has 2 unspecified atom stereocenters. The molecule has 1 fully saturated rings. The molecule has 0 radical (unpaired) electrons. The first-order valence-electron chi connectivity index (χ1n) is 6.15. The van der Waals surface area contributed by atoms with Gasteiger partial charge >= 0.3 is 0 Å². The van der Waals surface area contributed by atoms with Crippen LogP contribution >= 0.6 is 0 Å². The van der Waals surface area contributed by atoms with E-state index < -0.39 is 10.1 Å². The third-order valence-corrected chi connectivity index (χ3v) is 4.35. The Morgan fingerprint density at radius 3 is 2.53 bits per heavy atom. The third kappa shape index (κ3) is 3.76. The van der Waals surface area contributed by atoms with Gasteiger partial charge in [0.05, 0.1) is 17.6 Å². The van der Waals surface area contributed by atoms with E-state index in [-0.39, 0.29) is 23.9 Å². The zero-order chi connectivity index (χ0) is 13.9. The quantitative estimate of drug-likeness (QED) is 0.773. The minimum Gasteiger partial charge on any atom is -0.356 e. The predicted octanol–water partition coefficient (Wildman–Crippen LogP) is 1.85. The van der Waals surface area contributed by atoms with Crippen molar-refractivity contribution in [1.82, 2.24) is 0 Å². The fraction of sp³-hybridized carbons (Fsp3) is 0.538. The number of hydrogen-bond acceptors (Lipinski definition) is 5. The molecule has 1 aromatic carbocycles. The van der Waals surface area contributed by atoms with Crippen LogP contribution in [-0.4, -0.2) is 34.5 Å². The Hall–Kier alpha value is -0.950. The molecule has 0 amide bonds. The smallest absolute Gasteiger partial charge is 0.297 e. The summed E-state index contributed by atoms with van der Waals surface area (Å²) in [6.07, 6.45) is 1.01. The first-order chi connectivity index (χ1) is 9.01. The maximum atomic E-state index is 11.9. The monoisotopic (exact) mass is 286 g/mol. The number of methoxy groups -OCH3 is 1. The molecule has 0 bridgehead atoms. The van der Waals surface area contributed by atoms with Gasteiger partial charge < -0.3 is 9.47 Å². The van der Waals surface area contributed by atoms with E-state index >= 15 is 0 Å². The Kier molecular flexibility index (Phi) is 4.57. The Morgan fingerprint density at radius 2 is 1.95 bits per heavy atom. The maximum absolute atomic E-state index is 11.9. The first-order valence-corrected chi connectivity index (χ1v) is 7.56. The Bertz CT molecular complexity index is 508. The van der Waals surface area contributed by atoms with Crippen molar-refractivity contribution in [2.45, 2.75) is 37.1 Å². The summed E-state index contributed by atoms with van der Waals surface area (Å²) < 4.78 is 39.4. The SMILES string of the molecule is COC1CCC(COS(=O)(=O)c2ccc(C)cc2)O1. The molecule has 0 saturated carbocycles. The molecule has 19 heavy (non-hydrogen) atoms. The van der Waals surface area contributed by atoms with Gasteiger partial charge in [-0.25, -0.2) is 0 Å². The van der Waals surface area contributed by atoms with Crippen LogP contribution in [0.5, 0.6) is 0 Å². The highest BCUT2D eigenvalue weighted by Crippen LogP contribution is 2.22. The second-order valence-electron chi connectivity index (χ2n) is 4.55. The van der Waals surface area contributed by atoms with Gasteiger partial charge in [0.15, 0.2) is 6.29 Å². The third-order valence-electron chi connectivity index (χ3n) is 3.05. The van der Waals surface area contributed by atoms with Gasteiger partial charge in [-0.2, -0.15) is 8.42 Å². The lowest BCUT2D eigenvalue weighted by molar-refractivity contribution is -0.120. The van der Waals surface area contributed by atoms with Crippen molar-refractivity contribution in [1.29, 1.82) is 0 Å². The molecule has 0 aromatic heterocycles. The van der Waals surface area contributed by atoms with Crippen molar-refractivity contribution in [3.05, 3.63) is 29.8 Å². The average Bonchev–Trinajstić information content (AvgIpc) is 2.85. The molecule has 106 valence electrons. The summed E-state index contributed by atoms with van der Waals surface area (Å²) in [5.74, 6) is 0. The van der Waals surface area contributed by atoms with E-state index in [4.69, 9.17) is 13.7 Å². The highest BCUT2D eigenvalue weighted by Gasteiger charge is 2.27. The Morgan fingerprint density at radius 1 is 1.26 bits per heavy atom. The van der Waals surface area contributed by atoms with E-state index in [1.54, 1.807) is 19.2 Å². The van der Waals surface area contributed by atoms with Gasteiger partial charge in [-0.1, -0.05) is 17.7 Å². The largest absolute Gasteiger partial charge is 0.356 e. The predicted molar refractivity (Wildman–Crippen MR) is 69.2 cm³/mol. The van der Waals surface area contributed by atoms with E-state index in [0.717, 1.165) is 18.4 Å². The second kappa shape index (κ2) is 6.00. The minimum atomic E-state index is -3.71. The summed E-state index contributed by atoms with van der Waals surface area (Å²) >= 11 is 0. The molecule has 2 atom stereocenters. The van der Waals surface area contributed by atoms with E-state index in [1.807, 2.05) is 6.92 Å². The van der Waals surface area contributed by atoms with Crippen LogP contribution in [0.25, 0.3) is 0 Å². The van der Waals surface area contributed by atoms with Crippen LogP contribution in [0, 0.1) is 6.92 Å². The molecule has 0 spiro atoms. The highest BCUT2D eigenvalue weighted by molar-refractivity contribution is 7.86. The summed E-state index contributed by atoms with van der Waals surface area (Å²) in [5.41, 5.74) is 1.00. The van der Waals surface area contributed by atoms with Gasteiger partial charge in [0.2, 0.25) is 0 Å². The van der Waals surface area contributed by atoms with Crippen LogP contribution in [0.2, 0.25) is 0 Å². The minimum absolute atomic E-state index is 0.0239. The fourth-order valence-corrected chi connectivity index (χ4v) is 2.84. The first kappa shape index (κ1) is 14.5. The lowest BCUT2D eigenvalue weighted by Crippen LogP contribution is -2.20. The summed E-state index contributed by atoms with van der Waals surface area (Å²) in [4.78, 5) is 0.166. The van der Waals surface area contributed by atoms with Crippen LogP contribution in [0.3, 0.4) is 0 Å². The van der Waals surface area contributed by atoms with Crippen molar-refractivity contribution < 1.29 is 22.1 Å². The van der Waals surface area contributed by atoms with Crippen LogP contribution in [0.15, 0.2) is 29.2 Å². The molecule has 1 aliphatic heterocycles. The zero-order valence-corrected chi connectivity index (χ0v) is 11.9. The van der Waals surface area contributed by atoms with Crippen molar-refractivity contribution in [2.75, 3.05) is 13.7 Å². The van der Waals surface area contributed by atoms with Crippen LogP contribution in [0.4, 0.5) is 0 Å². The van der Waals surface area contributed by atoms with Crippen LogP contribution in [0.1, 0.15) is 18.4 Å². The van der Waals surface area contributed by atoms with Gasteiger partial charge in [0.25, 0.3) is 10.1 Å². The number of hydrogen-bond donors (Lipinski definition) is 0. The molecule has 1 aromatic rings. The summed E-state index contributed by atoms with van der Waals surface area (Å²) in [5, 5.41) is 0. The van der Waals surface area contributed by atoms with E-state index in [2.05, 4.69) is 0 Å². The van der Waals surface area contributed by atoms with Gasteiger partial charge in [-0.05, 0) is 25.5 Å². The number of benzene rings is 1. The maximum Gasteiger partial charge on any atom is 0.297 e. The van der Waals surface area contributed by atoms with Crippen LogP contribution in [-0.2, 0) is 23.8 Å². The van der Waals surface area contributed by atoms with E-state index in [9.17, 15) is 8.42 Å². The van der Waals surface area contributed by atoms with Gasteiger partial charge in [0.1, 0.15) is 0 Å². The lowest BCUT2D eigenvalue weighted by atomic mass is 10.2. The normalized spacial score (nSPS) is 23.7. The van der Waals surface area contributed by atoms with Gasteiger partial charge in [-0.15, -0.1) is 0 Å². The summed E-state index contributed by atoms with van der Waals surface area (Å²) in [6.45, 7) is 1.92. The molecule has 1 saturated heterocycles. The van der Waals surface area contributed by atoms with Gasteiger partial charge in [-0.3, -0.25) is 4.18 Å². The van der Waals surface area contributed by atoms with Crippen molar-refractivity contribution in [3.8, 4) is 0 Å². The highest BCUT2D eigenvalue weighted by atomic mass is 32.2. The fourth-order valence-electron chi connectivity index (χ4n) is 1.91. The van der Waals surface area contributed by atoms with Crippen molar-refractivity contribution >= 4 is 10.1 Å². The molecule has 6 heteroatoms. The van der Waals surface area contributed by atoms with Gasteiger partial charge in [0, 0.05) is 13.5 Å². The molecule has 1 aliphatic rings. The molecular weight excluding hydrogens is 268 g/mol. The van der Waals surface area contributed by atoms with E-state index in [0.29, 0.717) is 0 Å². The lowest BCUT2D eigenvalue weighted by Gasteiger charge is -2.12. The summed E-state index contributed by atoms with van der Waals surface area (Å²) in [6, 6.07) is 6.56. The Labute approximate surface area is 113 Å². The Balaban J connectivity index is 1.93. The zero-order valence-electron chi connectivity index (χ0n) is 11.0. The topological polar surface area (TPSA) is 61.8 Å². The van der Waals surface area contributed by atoms with Crippen molar-refractivity contribution in [3.63, 3.8) is 0 Å². The number of ether oxygens (including phenoxy) is 2. The molecule has 0 aliphatic carbocycles. The second-order valence-corrected chi connectivity index (χ2v) is 6.17. The number of rotatable bonds is 5. The molecule has 5 nitrogen and oxygen atoms in total. The standard InChI is InChI=1S/C13H18O5S/c1-10-3-6-12(7-4-10)19(14,15)17-9-11-5-8-13(16-2)18-11/h3-4,6-7,11,13H,5,8-9H2,1-2H3. The number of aryl methyl sites for hydroxylation is 1. The molecular formula is C13H18O5S. The van der Waals surface area contributed by atoms with E-state index in [1.165, 1.54) is 12.1 Å². The molecule has 1 heterocycles. The average molecular weight is 286 g/mol. The van der Waals surface area contributed by atoms with Crippen LogP contribution < -0.4 is 0 Å². The molecule has 0 N–H and O–H groups in total. The molecule has 2 rings (SSSR count). The summed E-state index contributed by atoms with van der Waals surface area (Å²) in [7, 11) is -2.14.